The molecule has 0 aromatic heterocycles. The van der Waals surface area contributed by atoms with Crippen molar-refractivity contribution in [2.45, 2.75) is 32.2 Å². The van der Waals surface area contributed by atoms with E-state index in [4.69, 9.17) is 5.11 Å². The van der Waals surface area contributed by atoms with Crippen LogP contribution in [0, 0.1) is 23.3 Å². The largest absolute Gasteiger partial charge is 0.480 e. The highest BCUT2D eigenvalue weighted by Gasteiger charge is 2.24. The first kappa shape index (κ1) is 15.3. The van der Waals surface area contributed by atoms with Gasteiger partial charge in [0.05, 0.1) is 0 Å². The van der Waals surface area contributed by atoms with Crippen LogP contribution >= 0.6 is 0 Å². The molecule has 2 N–H and O–H groups in total. The van der Waals surface area contributed by atoms with Gasteiger partial charge < -0.3 is 10.4 Å². The van der Waals surface area contributed by atoms with E-state index in [1.165, 1.54) is 0 Å². The van der Waals surface area contributed by atoms with Gasteiger partial charge in [0, 0.05) is 6.07 Å². The Balaban J connectivity index is 3.05. The Bertz CT molecular complexity index is 453. The van der Waals surface area contributed by atoms with Crippen LogP contribution in [0.5, 0.6) is 0 Å². The highest BCUT2D eigenvalue weighted by Crippen LogP contribution is 2.25. The summed E-state index contributed by atoms with van der Waals surface area (Å²) >= 11 is 0. The summed E-state index contributed by atoms with van der Waals surface area (Å²) in [7, 11) is 0. The van der Waals surface area contributed by atoms with Gasteiger partial charge in [-0.3, -0.25) is 0 Å². The molecule has 3 nitrogen and oxygen atoms in total. The molecule has 1 atom stereocenters. The second-order valence-electron chi connectivity index (χ2n) is 4.02. The van der Waals surface area contributed by atoms with Crippen molar-refractivity contribution in [1.82, 2.24) is 0 Å². The van der Waals surface area contributed by atoms with E-state index in [0.717, 1.165) is 0 Å². The van der Waals surface area contributed by atoms with E-state index in [1.807, 2.05) is 12.2 Å². The number of nitrogens with one attached hydrogen (secondary N) is 1. The van der Waals surface area contributed by atoms with Crippen molar-refractivity contribution in [1.29, 1.82) is 0 Å². The first-order chi connectivity index (χ1) is 8.88. The Morgan fingerprint density at radius 2 is 1.79 bits per heavy atom. The topological polar surface area (TPSA) is 49.3 Å². The molecule has 0 saturated carbocycles. The molecule has 1 rings (SSSR count). The fraction of sp³-hybridized carbons (Fsp3) is 0.417. The molecule has 0 aliphatic rings. The minimum atomic E-state index is -1.64. The Kier molecular flexibility index (Phi) is 5.14. The number of hydrogen-bond acceptors (Lipinski definition) is 2. The molecular formula is C12H13F4NO2. The number of rotatable bonds is 6. The van der Waals surface area contributed by atoms with Crippen LogP contribution in [-0.4, -0.2) is 17.1 Å². The second-order valence-corrected chi connectivity index (χ2v) is 4.02. The first-order valence-corrected chi connectivity index (χ1v) is 5.70. The van der Waals surface area contributed by atoms with E-state index < -0.39 is 41.0 Å². The number of benzene rings is 1. The van der Waals surface area contributed by atoms with Crippen molar-refractivity contribution in [3.8, 4) is 0 Å². The number of hydrogen-bond donors (Lipinski definition) is 2. The third kappa shape index (κ3) is 3.59. The molecule has 0 aliphatic heterocycles. The van der Waals surface area contributed by atoms with Crippen molar-refractivity contribution in [3.63, 3.8) is 0 Å². The zero-order chi connectivity index (χ0) is 14.6. The summed E-state index contributed by atoms with van der Waals surface area (Å²) in [6.45, 7) is 1.81. The summed E-state index contributed by atoms with van der Waals surface area (Å²) in [4.78, 5) is 10.9. The molecule has 0 spiro atoms. The number of carboxylic acid groups (broad SMARTS) is 1. The van der Waals surface area contributed by atoms with Crippen LogP contribution in [0.15, 0.2) is 6.07 Å². The predicted molar refractivity (Wildman–Crippen MR) is 60.8 cm³/mol. The van der Waals surface area contributed by atoms with E-state index in [1.54, 1.807) is 0 Å². The molecule has 0 saturated heterocycles. The van der Waals surface area contributed by atoms with Gasteiger partial charge in [-0.15, -0.1) is 0 Å². The Morgan fingerprint density at radius 1 is 1.26 bits per heavy atom. The van der Waals surface area contributed by atoms with E-state index in [0.29, 0.717) is 12.8 Å². The molecule has 0 radical (unpaired) electrons. The number of halogens is 4. The second kappa shape index (κ2) is 6.40. The van der Waals surface area contributed by atoms with Crippen LogP contribution in [0.2, 0.25) is 0 Å². The third-order valence-corrected chi connectivity index (χ3v) is 2.57. The van der Waals surface area contributed by atoms with Gasteiger partial charge in [0.15, 0.2) is 23.3 Å². The van der Waals surface area contributed by atoms with Crippen LogP contribution in [0.3, 0.4) is 0 Å². The molecular weight excluding hydrogens is 266 g/mol. The molecule has 0 fully saturated rings. The lowest BCUT2D eigenvalue weighted by Gasteiger charge is -2.16. The first-order valence-electron chi connectivity index (χ1n) is 5.70. The van der Waals surface area contributed by atoms with Crippen LogP contribution in [0.4, 0.5) is 23.2 Å². The van der Waals surface area contributed by atoms with Crippen LogP contribution in [0.25, 0.3) is 0 Å². The fourth-order valence-electron chi connectivity index (χ4n) is 1.54. The van der Waals surface area contributed by atoms with Gasteiger partial charge in [-0.25, -0.2) is 22.4 Å². The number of carbonyl (C=O) groups is 1. The molecule has 0 heterocycles. The maximum absolute atomic E-state index is 13.4. The predicted octanol–water partition coefficient (Wildman–Crippen LogP) is 3.30. The molecule has 1 aromatic carbocycles. The van der Waals surface area contributed by atoms with Gasteiger partial charge in [0.25, 0.3) is 0 Å². The average Bonchev–Trinajstić information content (AvgIpc) is 2.35. The molecule has 1 aromatic rings. The summed E-state index contributed by atoms with van der Waals surface area (Å²) in [5, 5.41) is 10.9. The van der Waals surface area contributed by atoms with E-state index in [2.05, 4.69) is 0 Å². The molecule has 0 amide bonds. The lowest BCUT2D eigenvalue weighted by Crippen LogP contribution is -2.30. The highest BCUT2D eigenvalue weighted by atomic mass is 19.2. The van der Waals surface area contributed by atoms with Crippen molar-refractivity contribution in [2.24, 2.45) is 0 Å². The van der Waals surface area contributed by atoms with E-state index in [9.17, 15) is 22.4 Å². The van der Waals surface area contributed by atoms with Gasteiger partial charge in [-0.1, -0.05) is 19.8 Å². The average molecular weight is 279 g/mol. The van der Waals surface area contributed by atoms with E-state index >= 15 is 0 Å². The Hall–Kier alpha value is -1.79. The number of unbranched alkanes of at least 4 members (excludes halogenated alkanes) is 1. The van der Waals surface area contributed by atoms with Gasteiger partial charge in [-0.2, -0.15) is 0 Å². The molecule has 1 unspecified atom stereocenters. The van der Waals surface area contributed by atoms with Crippen molar-refractivity contribution in [2.75, 3.05) is 5.32 Å². The zero-order valence-corrected chi connectivity index (χ0v) is 10.1. The van der Waals surface area contributed by atoms with Crippen LogP contribution in [-0.2, 0) is 4.79 Å². The van der Waals surface area contributed by atoms with Gasteiger partial charge in [0.2, 0.25) is 0 Å². The Labute approximate surface area is 107 Å². The van der Waals surface area contributed by atoms with Crippen molar-refractivity contribution in [3.05, 3.63) is 29.3 Å². The molecule has 19 heavy (non-hydrogen) atoms. The smallest absolute Gasteiger partial charge is 0.326 e. The van der Waals surface area contributed by atoms with Crippen LogP contribution < -0.4 is 5.32 Å². The summed E-state index contributed by atoms with van der Waals surface area (Å²) < 4.78 is 52.6. The normalized spacial score (nSPS) is 12.3. The van der Waals surface area contributed by atoms with Crippen LogP contribution in [0.1, 0.15) is 26.2 Å². The summed E-state index contributed by atoms with van der Waals surface area (Å²) in [6.07, 6.45) is 1.25. The minimum Gasteiger partial charge on any atom is -0.480 e. The quantitative estimate of drug-likeness (QED) is 0.620. The standard InChI is InChI=1S/C12H13F4NO2/c1-2-3-4-8(12(18)19)17-11-9(15)6(13)5-7(14)10(11)16/h5,8,17H,2-4H2,1H3,(H,18,19). The molecule has 0 aliphatic carbocycles. The summed E-state index contributed by atoms with van der Waals surface area (Å²) in [6, 6.07) is -1.25. The SMILES string of the molecule is CCCCC(Nc1c(F)c(F)cc(F)c1F)C(=O)O. The van der Waals surface area contributed by atoms with Crippen molar-refractivity contribution < 1.29 is 27.5 Å². The molecule has 7 heteroatoms. The summed E-state index contributed by atoms with van der Waals surface area (Å²) in [5.74, 6) is -7.79. The number of aliphatic carboxylic acids is 1. The number of anilines is 1. The minimum absolute atomic E-state index is 0.0671. The van der Waals surface area contributed by atoms with Gasteiger partial charge >= 0.3 is 5.97 Å². The molecule has 0 bridgehead atoms. The van der Waals surface area contributed by atoms with Gasteiger partial charge in [0.1, 0.15) is 11.7 Å². The third-order valence-electron chi connectivity index (χ3n) is 2.57. The van der Waals surface area contributed by atoms with Gasteiger partial charge in [-0.05, 0) is 6.42 Å². The number of carboxylic acids is 1. The zero-order valence-electron chi connectivity index (χ0n) is 10.1. The highest BCUT2D eigenvalue weighted by molar-refractivity contribution is 5.77. The van der Waals surface area contributed by atoms with Crippen molar-refractivity contribution >= 4 is 11.7 Å². The lowest BCUT2D eigenvalue weighted by atomic mass is 10.1. The monoisotopic (exact) mass is 279 g/mol. The molecule has 106 valence electrons. The Morgan fingerprint density at radius 3 is 2.21 bits per heavy atom. The maximum atomic E-state index is 13.4. The lowest BCUT2D eigenvalue weighted by molar-refractivity contribution is -0.138. The maximum Gasteiger partial charge on any atom is 0.326 e. The fourth-order valence-corrected chi connectivity index (χ4v) is 1.54. The van der Waals surface area contributed by atoms with E-state index in [-0.39, 0.29) is 12.5 Å². The summed E-state index contributed by atoms with van der Waals surface area (Å²) in [5.41, 5.74) is -1.10.